The lowest BCUT2D eigenvalue weighted by atomic mass is 9.49. The van der Waals surface area contributed by atoms with Gasteiger partial charge in [0.05, 0.1) is 5.69 Å². The van der Waals surface area contributed by atoms with E-state index in [0.29, 0.717) is 11.8 Å². The third-order valence-electron chi connectivity index (χ3n) is 11.1. The highest BCUT2D eigenvalue weighted by Gasteiger charge is 2.57. The van der Waals surface area contributed by atoms with Crippen LogP contribution in [0, 0.1) is 23.7 Å². The molecule has 6 aromatic rings. The molecule has 1 spiro atoms. The highest BCUT2D eigenvalue weighted by Crippen LogP contribution is 2.66. The molecule has 0 radical (unpaired) electrons. The average molecular weight is 560 g/mol. The molecule has 2 nitrogen and oxygen atoms in total. The molecule has 1 heterocycles. The monoisotopic (exact) mass is 559 g/mol. The average Bonchev–Trinajstić information content (AvgIpc) is 3.55. The molecule has 2 saturated carbocycles. The number of fused-ring (bicyclic) bond motifs is 11. The van der Waals surface area contributed by atoms with Gasteiger partial charge in [-0.25, -0.2) is 0 Å². The van der Waals surface area contributed by atoms with E-state index in [-0.39, 0.29) is 5.41 Å². The van der Waals surface area contributed by atoms with Gasteiger partial charge in [0, 0.05) is 27.6 Å². The number of hydrogen-bond donors (Lipinski definition) is 0. The van der Waals surface area contributed by atoms with Crippen molar-refractivity contribution in [2.75, 3.05) is 4.90 Å². The normalized spacial score (nSPS) is 25.6. The van der Waals surface area contributed by atoms with Crippen molar-refractivity contribution in [2.45, 2.75) is 44.9 Å². The summed E-state index contributed by atoms with van der Waals surface area (Å²) in [6, 6.07) is 42.5. The minimum Gasteiger partial charge on any atom is -0.456 e. The Labute approximate surface area is 254 Å². The molecule has 0 aliphatic heterocycles. The lowest BCUT2D eigenvalue weighted by molar-refractivity contribution is 0.0429. The van der Waals surface area contributed by atoms with E-state index < -0.39 is 0 Å². The Morgan fingerprint density at radius 3 is 2.30 bits per heavy atom. The number of benzene rings is 5. The van der Waals surface area contributed by atoms with Crippen LogP contribution in [-0.2, 0) is 5.41 Å². The first-order valence-corrected chi connectivity index (χ1v) is 16.1. The van der Waals surface area contributed by atoms with Crippen molar-refractivity contribution in [1.29, 1.82) is 0 Å². The Morgan fingerprint density at radius 1 is 0.628 bits per heavy atom. The summed E-state index contributed by atoms with van der Waals surface area (Å²) in [6.07, 6.45) is 5.35. The van der Waals surface area contributed by atoms with Gasteiger partial charge in [-0.1, -0.05) is 86.6 Å². The van der Waals surface area contributed by atoms with Gasteiger partial charge < -0.3 is 9.32 Å². The van der Waals surface area contributed by atoms with E-state index in [4.69, 9.17) is 4.42 Å². The van der Waals surface area contributed by atoms with E-state index in [9.17, 15) is 0 Å². The third-order valence-corrected chi connectivity index (χ3v) is 11.1. The molecule has 5 unspecified atom stereocenters. The summed E-state index contributed by atoms with van der Waals surface area (Å²) < 4.78 is 6.26. The molecule has 3 aliphatic carbocycles. The summed E-state index contributed by atoms with van der Waals surface area (Å²) in [7, 11) is 0. The molecule has 0 amide bonds. The van der Waals surface area contributed by atoms with Crippen LogP contribution in [0.25, 0.3) is 33.1 Å². The predicted octanol–water partition coefficient (Wildman–Crippen LogP) is 11.4. The zero-order valence-electron chi connectivity index (χ0n) is 25.0. The fraction of sp³-hybridized carbons (Fsp3) is 0.268. The van der Waals surface area contributed by atoms with Crippen LogP contribution >= 0.6 is 0 Å². The van der Waals surface area contributed by atoms with Crippen molar-refractivity contribution in [3.05, 3.63) is 126 Å². The van der Waals surface area contributed by atoms with Crippen molar-refractivity contribution in [1.82, 2.24) is 0 Å². The molecule has 2 heteroatoms. The SMILES string of the molecule is CC1CC2CC(C)C3(c4ccccc4-c4cccc(N(c5ccccc5)c5ccc6oc7ccccc7c6c5)c43)C(C1)C2. The first-order valence-electron chi connectivity index (χ1n) is 16.1. The second kappa shape index (κ2) is 9.35. The second-order valence-electron chi connectivity index (χ2n) is 13.6. The zero-order chi connectivity index (χ0) is 28.7. The van der Waals surface area contributed by atoms with Crippen LogP contribution in [0.1, 0.15) is 50.7 Å². The van der Waals surface area contributed by atoms with Gasteiger partial charge in [0.1, 0.15) is 11.2 Å². The molecule has 43 heavy (non-hydrogen) atoms. The number of nitrogens with zero attached hydrogens (tertiary/aromatic N) is 1. The molecule has 3 aliphatic rings. The maximum atomic E-state index is 6.26. The summed E-state index contributed by atoms with van der Waals surface area (Å²) in [4.78, 5) is 2.53. The van der Waals surface area contributed by atoms with E-state index in [1.165, 1.54) is 53.9 Å². The van der Waals surface area contributed by atoms with E-state index in [2.05, 4.69) is 128 Å². The lowest BCUT2D eigenvalue weighted by Gasteiger charge is -2.55. The summed E-state index contributed by atoms with van der Waals surface area (Å²) in [5.41, 5.74) is 11.5. The number of rotatable bonds is 3. The summed E-state index contributed by atoms with van der Waals surface area (Å²) in [6.45, 7) is 5.06. The molecule has 0 saturated heterocycles. The van der Waals surface area contributed by atoms with Crippen LogP contribution in [0.5, 0.6) is 0 Å². The molecule has 212 valence electrons. The minimum atomic E-state index is 0.00711. The van der Waals surface area contributed by atoms with Gasteiger partial charge in [0.25, 0.3) is 0 Å². The van der Waals surface area contributed by atoms with Crippen molar-refractivity contribution in [3.63, 3.8) is 0 Å². The number of hydrogen-bond acceptors (Lipinski definition) is 2. The molecule has 2 fully saturated rings. The topological polar surface area (TPSA) is 16.4 Å². The van der Waals surface area contributed by atoms with Crippen molar-refractivity contribution < 1.29 is 4.42 Å². The number of para-hydroxylation sites is 2. The van der Waals surface area contributed by atoms with Gasteiger partial charge in [-0.2, -0.15) is 0 Å². The Bertz CT molecular complexity index is 2000. The molecule has 9 rings (SSSR count). The van der Waals surface area contributed by atoms with Crippen LogP contribution in [0.15, 0.2) is 120 Å². The molecule has 0 N–H and O–H groups in total. The highest BCUT2D eigenvalue weighted by atomic mass is 16.3. The summed E-state index contributed by atoms with van der Waals surface area (Å²) in [5, 5.41) is 2.33. The standard InChI is InChI=1S/C41H37NO/c1-26-21-28-23-27(2)41(29(22-26)24-28)36-16-8-6-13-32(36)34-15-10-17-37(40(34)41)42(30-11-4-3-5-12-30)31-19-20-39-35(25-31)33-14-7-9-18-38(33)43-39/h3-20,25-29H,21-24H2,1-2H3. The second-order valence-corrected chi connectivity index (χ2v) is 13.6. The van der Waals surface area contributed by atoms with E-state index in [1.807, 2.05) is 6.07 Å². The zero-order valence-corrected chi connectivity index (χ0v) is 25.0. The Morgan fingerprint density at radius 2 is 1.40 bits per heavy atom. The molecule has 1 aromatic heterocycles. The van der Waals surface area contributed by atoms with Crippen LogP contribution in [-0.4, -0.2) is 0 Å². The molecule has 5 aromatic carbocycles. The van der Waals surface area contributed by atoms with Crippen LogP contribution in [0.3, 0.4) is 0 Å². The Kier molecular flexibility index (Phi) is 5.48. The first-order chi connectivity index (χ1) is 21.1. The smallest absolute Gasteiger partial charge is 0.135 e. The Balaban J connectivity index is 1.34. The van der Waals surface area contributed by atoms with Gasteiger partial charge in [0.15, 0.2) is 0 Å². The molecule has 5 atom stereocenters. The van der Waals surface area contributed by atoms with Gasteiger partial charge >= 0.3 is 0 Å². The van der Waals surface area contributed by atoms with Crippen molar-refractivity contribution in [3.8, 4) is 11.1 Å². The van der Waals surface area contributed by atoms with E-state index in [1.54, 1.807) is 11.1 Å². The van der Waals surface area contributed by atoms with Gasteiger partial charge in [0.2, 0.25) is 0 Å². The van der Waals surface area contributed by atoms with Crippen LogP contribution in [0.2, 0.25) is 0 Å². The maximum Gasteiger partial charge on any atom is 0.135 e. The van der Waals surface area contributed by atoms with E-state index >= 15 is 0 Å². The van der Waals surface area contributed by atoms with Gasteiger partial charge in [-0.3, -0.25) is 0 Å². The summed E-state index contributed by atoms with van der Waals surface area (Å²) >= 11 is 0. The molecular formula is C41H37NO. The molecule has 2 bridgehead atoms. The first kappa shape index (κ1) is 25.2. The maximum absolute atomic E-state index is 6.26. The number of furan rings is 1. The highest BCUT2D eigenvalue weighted by molar-refractivity contribution is 6.06. The van der Waals surface area contributed by atoms with Gasteiger partial charge in [-0.15, -0.1) is 0 Å². The van der Waals surface area contributed by atoms with Crippen molar-refractivity contribution in [2.24, 2.45) is 23.7 Å². The number of anilines is 3. The minimum absolute atomic E-state index is 0.00711. The van der Waals surface area contributed by atoms with Crippen LogP contribution < -0.4 is 4.90 Å². The van der Waals surface area contributed by atoms with Crippen molar-refractivity contribution >= 4 is 39.0 Å². The van der Waals surface area contributed by atoms with E-state index in [0.717, 1.165) is 33.8 Å². The lowest BCUT2D eigenvalue weighted by Crippen LogP contribution is -2.49. The predicted molar refractivity (Wildman–Crippen MR) is 178 cm³/mol. The summed E-state index contributed by atoms with van der Waals surface area (Å²) in [5.74, 6) is 2.84. The fourth-order valence-electron chi connectivity index (χ4n) is 9.79. The quantitative estimate of drug-likeness (QED) is 0.214. The van der Waals surface area contributed by atoms with Crippen LogP contribution in [0.4, 0.5) is 17.1 Å². The Hall–Kier alpha value is -4.30. The largest absolute Gasteiger partial charge is 0.456 e. The third kappa shape index (κ3) is 3.53. The fourth-order valence-corrected chi connectivity index (χ4v) is 9.79. The molecular weight excluding hydrogens is 522 g/mol. The van der Waals surface area contributed by atoms with Gasteiger partial charge in [-0.05, 0) is 114 Å².